The van der Waals surface area contributed by atoms with Crippen LogP contribution in [0.3, 0.4) is 0 Å². The van der Waals surface area contributed by atoms with Crippen molar-refractivity contribution in [2.45, 2.75) is 19.3 Å². The monoisotopic (exact) mass is 242 g/mol. The average Bonchev–Trinajstić information content (AvgIpc) is 2.87. The van der Waals surface area contributed by atoms with E-state index < -0.39 is 0 Å². The van der Waals surface area contributed by atoms with E-state index >= 15 is 0 Å². The number of allylic oxidation sites excluding steroid dienone is 3. The Kier molecular flexibility index (Phi) is 2.91. The zero-order valence-electron chi connectivity index (χ0n) is 9.87. The highest BCUT2D eigenvalue weighted by molar-refractivity contribution is 5.42. The molecule has 2 aromatic heterocycles. The number of anilines is 1. The molecule has 0 unspecified atom stereocenters. The fourth-order valence-corrected chi connectivity index (χ4v) is 1.86. The highest BCUT2D eigenvalue weighted by Gasteiger charge is 2.00. The quantitative estimate of drug-likeness (QED) is 0.633. The summed E-state index contributed by atoms with van der Waals surface area (Å²) < 4.78 is 1.63. The molecule has 0 radical (unpaired) electrons. The molecule has 0 spiro atoms. The summed E-state index contributed by atoms with van der Waals surface area (Å²) in [5, 5.41) is 12.0. The van der Waals surface area contributed by atoms with Crippen molar-refractivity contribution >= 4 is 11.5 Å². The zero-order chi connectivity index (χ0) is 12.2. The molecule has 0 amide bonds. The molecule has 18 heavy (non-hydrogen) atoms. The van der Waals surface area contributed by atoms with Crippen LogP contribution in [0.25, 0.3) is 5.65 Å². The van der Waals surface area contributed by atoms with Crippen LogP contribution in [-0.4, -0.2) is 19.8 Å². The number of aromatic nitrogens is 4. The molecule has 0 fully saturated rings. The van der Waals surface area contributed by atoms with Gasteiger partial charge in [0.1, 0.15) is 6.33 Å². The van der Waals surface area contributed by atoms with Gasteiger partial charge in [-0.05, 0) is 37.0 Å². The molecule has 92 valence electrons. The molecule has 6 heteroatoms. The van der Waals surface area contributed by atoms with Crippen molar-refractivity contribution < 1.29 is 0 Å². The summed E-state index contributed by atoms with van der Waals surface area (Å²) in [7, 11) is 0. The summed E-state index contributed by atoms with van der Waals surface area (Å²) in [6.07, 6.45) is 11.2. The molecule has 0 saturated carbocycles. The lowest BCUT2D eigenvalue weighted by molar-refractivity contribution is 0.860. The maximum Gasteiger partial charge on any atom is 0.177 e. The summed E-state index contributed by atoms with van der Waals surface area (Å²) in [5.74, 6) is 0.727. The molecule has 1 aliphatic rings. The molecule has 2 N–H and O–H groups in total. The Morgan fingerprint density at radius 1 is 1.28 bits per heavy atom. The number of hydrogen-bond donors (Lipinski definition) is 2. The van der Waals surface area contributed by atoms with Crippen LogP contribution in [0.1, 0.15) is 19.3 Å². The van der Waals surface area contributed by atoms with Crippen molar-refractivity contribution in [2.75, 3.05) is 5.43 Å². The second-order valence-corrected chi connectivity index (χ2v) is 4.14. The number of hydrazine groups is 1. The van der Waals surface area contributed by atoms with Crippen LogP contribution in [0.2, 0.25) is 0 Å². The van der Waals surface area contributed by atoms with Crippen molar-refractivity contribution in [3.63, 3.8) is 0 Å². The molecule has 0 atom stereocenters. The smallest absolute Gasteiger partial charge is 0.177 e. The summed E-state index contributed by atoms with van der Waals surface area (Å²) in [6.45, 7) is 0. The van der Waals surface area contributed by atoms with E-state index in [2.05, 4.69) is 38.3 Å². The molecule has 2 aromatic rings. The summed E-state index contributed by atoms with van der Waals surface area (Å²) in [6, 6.07) is 3.72. The van der Waals surface area contributed by atoms with E-state index in [9.17, 15) is 0 Å². The largest absolute Gasteiger partial charge is 0.307 e. The highest BCUT2D eigenvalue weighted by atomic mass is 15.4. The number of hydrogen-bond acceptors (Lipinski definition) is 5. The van der Waals surface area contributed by atoms with Gasteiger partial charge in [-0.1, -0.05) is 12.2 Å². The Hall–Kier alpha value is -2.37. The zero-order valence-corrected chi connectivity index (χ0v) is 9.87. The Morgan fingerprint density at radius 3 is 3.17 bits per heavy atom. The summed E-state index contributed by atoms with van der Waals surface area (Å²) in [4.78, 5) is 0. The van der Waals surface area contributed by atoms with E-state index in [1.807, 2.05) is 18.3 Å². The van der Waals surface area contributed by atoms with E-state index in [-0.39, 0.29) is 0 Å². The maximum absolute atomic E-state index is 4.29. The van der Waals surface area contributed by atoms with Crippen molar-refractivity contribution in [1.29, 1.82) is 0 Å². The maximum atomic E-state index is 4.29. The van der Waals surface area contributed by atoms with Crippen LogP contribution < -0.4 is 10.9 Å². The SMILES string of the molecule is C1=CCC(=CNNc2ccc3nncn3n2)CC1. The Bertz CT molecular complexity index is 597. The second kappa shape index (κ2) is 4.87. The molecule has 0 aliphatic heterocycles. The standard InChI is InChI=1S/C12H14N6/c1-2-4-10(5-3-1)8-13-15-11-6-7-12-16-14-9-18(12)17-11/h1-2,6-9,13H,3-5H2,(H,15,17). The molecule has 3 rings (SSSR count). The molecule has 0 aromatic carbocycles. The van der Waals surface area contributed by atoms with E-state index in [4.69, 9.17) is 0 Å². The van der Waals surface area contributed by atoms with Crippen LogP contribution in [0.15, 0.2) is 42.4 Å². The van der Waals surface area contributed by atoms with Gasteiger partial charge >= 0.3 is 0 Å². The van der Waals surface area contributed by atoms with Crippen LogP contribution in [0.5, 0.6) is 0 Å². The van der Waals surface area contributed by atoms with Gasteiger partial charge in [-0.15, -0.1) is 15.3 Å². The molecule has 6 nitrogen and oxygen atoms in total. The Labute approximate surface area is 104 Å². The lowest BCUT2D eigenvalue weighted by Crippen LogP contribution is -2.17. The number of fused-ring (bicyclic) bond motifs is 1. The topological polar surface area (TPSA) is 67.1 Å². The van der Waals surface area contributed by atoms with Crippen molar-refractivity contribution in [3.05, 3.63) is 42.4 Å². The first-order valence-corrected chi connectivity index (χ1v) is 5.93. The molecular weight excluding hydrogens is 228 g/mol. The third kappa shape index (κ3) is 2.32. The molecule has 0 bridgehead atoms. The molecule has 2 heterocycles. The Morgan fingerprint density at radius 2 is 2.28 bits per heavy atom. The fourth-order valence-electron chi connectivity index (χ4n) is 1.86. The summed E-state index contributed by atoms with van der Waals surface area (Å²) >= 11 is 0. The third-order valence-corrected chi connectivity index (χ3v) is 2.82. The van der Waals surface area contributed by atoms with Crippen LogP contribution >= 0.6 is 0 Å². The third-order valence-electron chi connectivity index (χ3n) is 2.82. The lowest BCUT2D eigenvalue weighted by atomic mass is 10.0. The first kappa shape index (κ1) is 10.8. The van der Waals surface area contributed by atoms with E-state index in [0.29, 0.717) is 0 Å². The van der Waals surface area contributed by atoms with Crippen LogP contribution in [-0.2, 0) is 0 Å². The van der Waals surface area contributed by atoms with Gasteiger partial charge in [-0.3, -0.25) is 5.43 Å². The van der Waals surface area contributed by atoms with Crippen molar-refractivity contribution in [1.82, 2.24) is 25.2 Å². The first-order chi connectivity index (χ1) is 8.92. The van der Waals surface area contributed by atoms with E-state index in [1.54, 1.807) is 10.8 Å². The van der Waals surface area contributed by atoms with Gasteiger partial charge in [0.05, 0.1) is 0 Å². The number of nitrogens with zero attached hydrogens (tertiary/aromatic N) is 4. The predicted molar refractivity (Wildman–Crippen MR) is 68.6 cm³/mol. The van der Waals surface area contributed by atoms with Gasteiger partial charge in [0.2, 0.25) is 0 Å². The van der Waals surface area contributed by atoms with Crippen LogP contribution in [0, 0.1) is 0 Å². The minimum Gasteiger partial charge on any atom is -0.307 e. The highest BCUT2D eigenvalue weighted by Crippen LogP contribution is 2.15. The molecule has 0 saturated heterocycles. The fraction of sp³-hybridized carbons (Fsp3) is 0.250. The second-order valence-electron chi connectivity index (χ2n) is 4.14. The predicted octanol–water partition coefficient (Wildman–Crippen LogP) is 1.66. The number of nitrogens with one attached hydrogen (secondary N) is 2. The van der Waals surface area contributed by atoms with Gasteiger partial charge in [-0.25, -0.2) is 0 Å². The van der Waals surface area contributed by atoms with Gasteiger partial charge in [0.25, 0.3) is 0 Å². The average molecular weight is 242 g/mol. The van der Waals surface area contributed by atoms with Crippen molar-refractivity contribution in [3.8, 4) is 0 Å². The normalized spacial score (nSPS) is 17.2. The van der Waals surface area contributed by atoms with Crippen molar-refractivity contribution in [2.24, 2.45) is 0 Å². The minimum absolute atomic E-state index is 0.727. The molecular formula is C12H14N6. The minimum atomic E-state index is 0.727. The molecule has 1 aliphatic carbocycles. The van der Waals surface area contributed by atoms with Gasteiger partial charge < -0.3 is 5.43 Å². The van der Waals surface area contributed by atoms with Crippen LogP contribution in [0.4, 0.5) is 5.82 Å². The van der Waals surface area contributed by atoms with E-state index in [0.717, 1.165) is 30.7 Å². The van der Waals surface area contributed by atoms with Gasteiger partial charge in [0.15, 0.2) is 11.5 Å². The number of rotatable bonds is 3. The van der Waals surface area contributed by atoms with E-state index in [1.165, 1.54) is 5.57 Å². The first-order valence-electron chi connectivity index (χ1n) is 5.93. The summed E-state index contributed by atoms with van der Waals surface area (Å²) in [5.41, 5.74) is 8.22. The Balaban J connectivity index is 1.63. The van der Waals surface area contributed by atoms with Gasteiger partial charge in [-0.2, -0.15) is 4.52 Å². The van der Waals surface area contributed by atoms with Gasteiger partial charge in [0, 0.05) is 6.20 Å². The lowest BCUT2D eigenvalue weighted by Gasteiger charge is -2.10.